The minimum absolute atomic E-state index is 0.128. The van der Waals surface area contributed by atoms with Gasteiger partial charge in [-0.1, -0.05) is 23.2 Å². The summed E-state index contributed by atoms with van der Waals surface area (Å²) in [6.45, 7) is 4.89. The lowest BCUT2D eigenvalue weighted by molar-refractivity contribution is 0.0288. The van der Waals surface area contributed by atoms with Gasteiger partial charge in [0.1, 0.15) is 23.5 Å². The van der Waals surface area contributed by atoms with Crippen molar-refractivity contribution < 1.29 is 9.13 Å². The Kier molecular flexibility index (Phi) is 5.44. The van der Waals surface area contributed by atoms with Crippen molar-refractivity contribution in [3.8, 4) is 5.75 Å². The lowest BCUT2D eigenvalue weighted by atomic mass is 9.91. The molecule has 2 saturated heterocycles. The number of halogens is 3. The summed E-state index contributed by atoms with van der Waals surface area (Å²) in [4.78, 5) is 9.22. The first-order valence-electron chi connectivity index (χ1n) is 9.25. The first-order chi connectivity index (χ1) is 13.0. The highest BCUT2D eigenvalue weighted by molar-refractivity contribution is 6.36. The smallest absolute Gasteiger partial charge is 0.147 e. The number of rotatable bonds is 3. The number of aromatic nitrogens is 1. The monoisotopic (exact) mass is 409 g/mol. The molecule has 3 heterocycles. The number of benzene rings is 1. The molecule has 0 N–H and O–H groups in total. The predicted octanol–water partition coefficient (Wildman–Crippen LogP) is 4.65. The van der Waals surface area contributed by atoms with Crippen molar-refractivity contribution in [3.05, 3.63) is 52.4 Å². The molecule has 3 unspecified atom stereocenters. The summed E-state index contributed by atoms with van der Waals surface area (Å²) in [6.07, 6.45) is 3.78. The Morgan fingerprint density at radius 1 is 1.15 bits per heavy atom. The van der Waals surface area contributed by atoms with Crippen LogP contribution in [-0.4, -0.2) is 47.7 Å². The molecule has 1 aromatic carbocycles. The molecule has 0 saturated carbocycles. The largest absolute Gasteiger partial charge is 0.489 e. The summed E-state index contributed by atoms with van der Waals surface area (Å²) < 4.78 is 19.1. The van der Waals surface area contributed by atoms with Crippen molar-refractivity contribution >= 4 is 29.0 Å². The van der Waals surface area contributed by atoms with Crippen molar-refractivity contribution in [2.75, 3.05) is 24.5 Å². The van der Waals surface area contributed by atoms with Gasteiger partial charge in [-0.3, -0.25) is 4.90 Å². The maximum absolute atomic E-state index is 13.1. The fourth-order valence-electron chi connectivity index (χ4n) is 4.20. The van der Waals surface area contributed by atoms with Gasteiger partial charge in [0.2, 0.25) is 0 Å². The van der Waals surface area contributed by atoms with Crippen LogP contribution < -0.4 is 9.64 Å². The van der Waals surface area contributed by atoms with Crippen molar-refractivity contribution in [2.45, 2.75) is 38.0 Å². The highest BCUT2D eigenvalue weighted by atomic mass is 35.5. The number of nitrogens with zero attached hydrogens (tertiary/aromatic N) is 3. The molecule has 7 heteroatoms. The second kappa shape index (κ2) is 7.82. The van der Waals surface area contributed by atoms with Crippen LogP contribution in [0, 0.1) is 5.82 Å². The summed E-state index contributed by atoms with van der Waals surface area (Å²) in [5.74, 6) is 1.28. The average Bonchev–Trinajstić information content (AvgIpc) is 2.65. The Bertz CT molecular complexity index is 804. The molecule has 0 spiro atoms. The summed E-state index contributed by atoms with van der Waals surface area (Å²) in [5.41, 5.74) is 0. The van der Waals surface area contributed by atoms with Crippen molar-refractivity contribution in [2.24, 2.45) is 0 Å². The first kappa shape index (κ1) is 18.8. The van der Waals surface area contributed by atoms with E-state index in [9.17, 15) is 4.39 Å². The number of piperidine rings is 1. The van der Waals surface area contributed by atoms with Crippen LogP contribution in [0.2, 0.25) is 10.0 Å². The van der Waals surface area contributed by atoms with Gasteiger partial charge in [-0.15, -0.1) is 0 Å². The maximum atomic E-state index is 13.1. The molecule has 0 amide bonds. The van der Waals surface area contributed by atoms with Crippen molar-refractivity contribution in [1.29, 1.82) is 0 Å². The number of fused-ring (bicyclic) bond motifs is 1. The Morgan fingerprint density at radius 2 is 1.93 bits per heavy atom. The van der Waals surface area contributed by atoms with Gasteiger partial charge in [-0.05, 0) is 50.1 Å². The number of hydrogen-bond acceptors (Lipinski definition) is 4. The zero-order valence-electron chi connectivity index (χ0n) is 15.1. The Balaban J connectivity index is 1.42. The van der Waals surface area contributed by atoms with Gasteiger partial charge in [0, 0.05) is 37.9 Å². The summed E-state index contributed by atoms with van der Waals surface area (Å²) in [5, 5.41) is 1.14. The van der Waals surface area contributed by atoms with E-state index in [1.807, 2.05) is 0 Å². The van der Waals surface area contributed by atoms with Gasteiger partial charge in [-0.25, -0.2) is 9.37 Å². The molecule has 4 nitrogen and oxygen atoms in total. The van der Waals surface area contributed by atoms with E-state index in [2.05, 4.69) is 21.7 Å². The van der Waals surface area contributed by atoms with Crippen LogP contribution in [0.25, 0.3) is 0 Å². The third kappa shape index (κ3) is 4.00. The minimum atomic E-state index is -0.245. The van der Waals surface area contributed by atoms with E-state index in [0.29, 0.717) is 22.1 Å². The van der Waals surface area contributed by atoms with Gasteiger partial charge < -0.3 is 9.64 Å². The van der Waals surface area contributed by atoms with Crippen LogP contribution in [0.1, 0.15) is 19.8 Å². The Morgan fingerprint density at radius 3 is 2.67 bits per heavy atom. The molecular weight excluding hydrogens is 388 g/mol. The average molecular weight is 410 g/mol. The summed E-state index contributed by atoms with van der Waals surface area (Å²) in [6, 6.07) is 8.73. The molecule has 2 aliphatic heterocycles. The van der Waals surface area contributed by atoms with E-state index < -0.39 is 0 Å². The molecule has 3 atom stereocenters. The van der Waals surface area contributed by atoms with E-state index in [1.165, 1.54) is 12.1 Å². The lowest BCUT2D eigenvalue weighted by Crippen LogP contribution is -2.62. The normalized spacial score (nSPS) is 25.9. The molecule has 27 heavy (non-hydrogen) atoms. The highest BCUT2D eigenvalue weighted by Crippen LogP contribution is 2.34. The third-order valence-electron chi connectivity index (χ3n) is 5.54. The number of pyridine rings is 1. The minimum Gasteiger partial charge on any atom is -0.489 e. The van der Waals surface area contributed by atoms with Crippen LogP contribution in [-0.2, 0) is 0 Å². The molecule has 4 rings (SSSR count). The fourth-order valence-corrected chi connectivity index (χ4v) is 4.69. The third-order valence-corrected chi connectivity index (χ3v) is 6.03. The molecule has 2 aromatic rings. The van der Waals surface area contributed by atoms with Crippen LogP contribution in [0.3, 0.4) is 0 Å². The van der Waals surface area contributed by atoms with Crippen LogP contribution in [0.15, 0.2) is 36.5 Å². The standard InChI is InChI=1S/C20H22Cl2FN3O/c1-13-19-7-6-17(27-16-4-2-15(23)3-5-16)12-25(19)8-9-26(13)20-18(22)10-14(21)11-24-20/h2-5,10-11,13,17,19H,6-9,12H2,1H3. The number of hydrogen-bond donors (Lipinski definition) is 0. The van der Waals surface area contributed by atoms with E-state index >= 15 is 0 Å². The molecule has 0 radical (unpaired) electrons. The molecular formula is C20H22Cl2FN3O. The van der Waals surface area contributed by atoms with Gasteiger partial charge in [0.15, 0.2) is 0 Å². The second-order valence-electron chi connectivity index (χ2n) is 7.23. The summed E-state index contributed by atoms with van der Waals surface area (Å²) in [7, 11) is 0. The maximum Gasteiger partial charge on any atom is 0.147 e. The van der Waals surface area contributed by atoms with Gasteiger partial charge in [-0.2, -0.15) is 0 Å². The van der Waals surface area contributed by atoms with E-state index in [4.69, 9.17) is 27.9 Å². The van der Waals surface area contributed by atoms with Gasteiger partial charge in [0.25, 0.3) is 0 Å². The topological polar surface area (TPSA) is 28.6 Å². The number of piperazine rings is 1. The Hall–Kier alpha value is -1.56. The first-order valence-corrected chi connectivity index (χ1v) is 10.0. The van der Waals surface area contributed by atoms with Crippen LogP contribution >= 0.6 is 23.2 Å². The lowest BCUT2D eigenvalue weighted by Gasteiger charge is -2.50. The molecule has 144 valence electrons. The SMILES string of the molecule is CC1C2CCC(Oc3ccc(F)cc3)CN2CCN1c1ncc(Cl)cc1Cl. The highest BCUT2D eigenvalue weighted by Gasteiger charge is 2.39. The van der Waals surface area contributed by atoms with Crippen LogP contribution in [0.5, 0.6) is 5.75 Å². The number of ether oxygens (including phenoxy) is 1. The molecule has 2 aliphatic rings. The van der Waals surface area contributed by atoms with Gasteiger partial charge >= 0.3 is 0 Å². The molecule has 0 aliphatic carbocycles. The van der Waals surface area contributed by atoms with Crippen LogP contribution in [0.4, 0.5) is 10.2 Å². The second-order valence-corrected chi connectivity index (χ2v) is 8.07. The van der Waals surface area contributed by atoms with Crippen molar-refractivity contribution in [3.63, 3.8) is 0 Å². The van der Waals surface area contributed by atoms with E-state index in [1.54, 1.807) is 24.4 Å². The zero-order chi connectivity index (χ0) is 19.0. The van der Waals surface area contributed by atoms with Crippen molar-refractivity contribution in [1.82, 2.24) is 9.88 Å². The number of anilines is 1. The Labute approximate surface area is 168 Å². The summed E-state index contributed by atoms with van der Waals surface area (Å²) >= 11 is 12.4. The van der Waals surface area contributed by atoms with E-state index in [-0.39, 0.29) is 11.9 Å². The van der Waals surface area contributed by atoms with Gasteiger partial charge in [0.05, 0.1) is 10.0 Å². The fraction of sp³-hybridized carbons (Fsp3) is 0.450. The van der Waals surface area contributed by atoms with E-state index in [0.717, 1.165) is 44.0 Å². The molecule has 1 aromatic heterocycles. The molecule has 0 bridgehead atoms. The predicted molar refractivity (Wildman–Crippen MR) is 106 cm³/mol. The zero-order valence-corrected chi connectivity index (χ0v) is 16.6. The quantitative estimate of drug-likeness (QED) is 0.737. The molecule has 2 fully saturated rings.